The number of aromatic nitrogens is 1. The van der Waals surface area contributed by atoms with Crippen molar-refractivity contribution < 1.29 is 19.0 Å². The van der Waals surface area contributed by atoms with E-state index < -0.39 is 11.4 Å². The molecule has 0 unspecified atom stereocenters. The fourth-order valence-electron chi connectivity index (χ4n) is 4.83. The topological polar surface area (TPSA) is 98.8 Å². The molecule has 8 nitrogen and oxygen atoms in total. The Morgan fingerprint density at radius 2 is 1.97 bits per heavy atom. The minimum absolute atomic E-state index is 0.0357. The summed E-state index contributed by atoms with van der Waals surface area (Å²) in [6, 6.07) is 7.54. The van der Waals surface area contributed by atoms with Crippen LogP contribution in [0, 0.1) is 17.1 Å². The molecule has 0 aliphatic carbocycles. The number of phenolic OH excluding ortho intramolecular Hbond substituents is 1. The Hall–Kier alpha value is -4.03. The molecule has 2 aromatic carbocycles. The molecule has 0 spiro atoms. The van der Waals surface area contributed by atoms with Gasteiger partial charge in [0.1, 0.15) is 29.8 Å². The number of nitriles is 1. The van der Waals surface area contributed by atoms with Gasteiger partial charge in [0.15, 0.2) is 5.75 Å². The van der Waals surface area contributed by atoms with Crippen molar-refractivity contribution in [3.63, 3.8) is 0 Å². The fraction of sp³-hybridized carbons (Fsp3) is 0.240. The highest BCUT2D eigenvalue weighted by Crippen LogP contribution is 2.49. The Balaban J connectivity index is 1.78. The predicted octanol–water partition coefficient (Wildman–Crippen LogP) is 3.27. The number of hydrogen-bond donors (Lipinski definition) is 1. The van der Waals surface area contributed by atoms with Crippen molar-refractivity contribution in [2.45, 2.75) is 6.54 Å². The molecule has 0 atom stereocenters. The van der Waals surface area contributed by atoms with Crippen LogP contribution < -0.4 is 15.2 Å². The Kier molecular flexibility index (Phi) is 5.61. The van der Waals surface area contributed by atoms with Gasteiger partial charge in [0.2, 0.25) is 5.91 Å². The average molecular weight is 495 g/mol. The fourth-order valence-corrected chi connectivity index (χ4v) is 5.12. The van der Waals surface area contributed by atoms with Crippen LogP contribution in [0.15, 0.2) is 41.7 Å². The summed E-state index contributed by atoms with van der Waals surface area (Å²) in [6.07, 6.45) is 1.25. The summed E-state index contributed by atoms with van der Waals surface area (Å²) in [5.41, 5.74) is 0.258. The van der Waals surface area contributed by atoms with E-state index in [-0.39, 0.29) is 52.3 Å². The van der Waals surface area contributed by atoms with Crippen molar-refractivity contribution in [2.75, 3.05) is 37.7 Å². The van der Waals surface area contributed by atoms with Crippen LogP contribution in [0.2, 0.25) is 5.02 Å². The van der Waals surface area contributed by atoms with Gasteiger partial charge in [-0.25, -0.2) is 4.39 Å². The van der Waals surface area contributed by atoms with Gasteiger partial charge in [0, 0.05) is 31.6 Å². The normalized spacial score (nSPS) is 15.0. The molecule has 0 bridgehead atoms. The van der Waals surface area contributed by atoms with E-state index in [1.165, 1.54) is 28.8 Å². The third-order valence-electron chi connectivity index (χ3n) is 6.42. The highest BCUT2D eigenvalue weighted by molar-refractivity contribution is 6.35. The quantitative estimate of drug-likeness (QED) is 0.561. The van der Waals surface area contributed by atoms with Gasteiger partial charge >= 0.3 is 0 Å². The lowest BCUT2D eigenvalue weighted by atomic mass is 9.97. The van der Waals surface area contributed by atoms with E-state index in [0.717, 1.165) is 0 Å². The summed E-state index contributed by atoms with van der Waals surface area (Å²) in [7, 11) is 0. The number of hydrogen-bond acceptors (Lipinski definition) is 6. The number of benzene rings is 2. The molecule has 178 valence electrons. The number of nitrogens with zero attached hydrogens (tertiary/aromatic N) is 4. The third kappa shape index (κ3) is 3.49. The molecule has 35 heavy (non-hydrogen) atoms. The Morgan fingerprint density at radius 3 is 2.63 bits per heavy atom. The minimum atomic E-state index is -0.692. The van der Waals surface area contributed by atoms with E-state index in [9.17, 15) is 24.3 Å². The molecule has 2 aliphatic rings. The molecule has 1 N–H and O–H groups in total. The van der Waals surface area contributed by atoms with Gasteiger partial charge in [-0.1, -0.05) is 24.2 Å². The van der Waals surface area contributed by atoms with Gasteiger partial charge in [-0.2, -0.15) is 5.26 Å². The maximum absolute atomic E-state index is 14.8. The molecular weight excluding hydrogens is 475 g/mol. The summed E-state index contributed by atoms with van der Waals surface area (Å²) < 4.78 is 22.2. The van der Waals surface area contributed by atoms with Crippen molar-refractivity contribution >= 4 is 34.1 Å². The number of piperazine rings is 1. The van der Waals surface area contributed by atoms with E-state index in [2.05, 4.69) is 6.58 Å². The molecule has 1 saturated heterocycles. The molecule has 3 aromatic rings. The second-order valence-corrected chi connectivity index (χ2v) is 8.66. The summed E-state index contributed by atoms with van der Waals surface area (Å²) in [4.78, 5) is 28.9. The molecule has 0 radical (unpaired) electrons. The highest BCUT2D eigenvalue weighted by Gasteiger charge is 2.32. The van der Waals surface area contributed by atoms with E-state index in [4.69, 9.17) is 16.3 Å². The number of ether oxygens (including phenoxy) is 1. The minimum Gasteiger partial charge on any atom is -0.507 e. The second kappa shape index (κ2) is 8.64. The van der Waals surface area contributed by atoms with Crippen molar-refractivity contribution in [3.8, 4) is 28.7 Å². The number of phenols is 1. The molecule has 3 heterocycles. The van der Waals surface area contributed by atoms with E-state index in [0.29, 0.717) is 42.8 Å². The third-order valence-corrected chi connectivity index (χ3v) is 6.72. The largest absolute Gasteiger partial charge is 0.507 e. The first-order valence-corrected chi connectivity index (χ1v) is 11.3. The van der Waals surface area contributed by atoms with Gasteiger partial charge < -0.3 is 24.2 Å². The monoisotopic (exact) mass is 494 g/mol. The van der Waals surface area contributed by atoms with E-state index >= 15 is 0 Å². The number of rotatable bonds is 3. The number of carbonyl (C=O) groups is 1. The average Bonchev–Trinajstić information content (AvgIpc) is 2.86. The molecule has 2 aliphatic heterocycles. The SMILES string of the molecule is C=CC(=O)N1CCN(c2c(C#N)c(=O)n3c4c(c(-c5c(O)cccc5F)c(Cl)cc24)OCC3)CC1. The first-order valence-electron chi connectivity index (χ1n) is 11.0. The maximum atomic E-state index is 14.8. The number of halogens is 2. The van der Waals surface area contributed by atoms with Crippen LogP contribution in [-0.4, -0.2) is 53.3 Å². The van der Waals surface area contributed by atoms with Crippen LogP contribution in [0.1, 0.15) is 5.56 Å². The summed E-state index contributed by atoms with van der Waals surface area (Å²) in [5, 5.41) is 21.0. The Morgan fingerprint density at radius 1 is 1.23 bits per heavy atom. The molecule has 0 saturated carbocycles. The van der Waals surface area contributed by atoms with Gasteiger partial charge in [0.05, 0.1) is 33.9 Å². The van der Waals surface area contributed by atoms with Gasteiger partial charge in [-0.15, -0.1) is 0 Å². The van der Waals surface area contributed by atoms with Gasteiger partial charge in [-0.3, -0.25) is 9.59 Å². The summed E-state index contributed by atoms with van der Waals surface area (Å²) in [5.74, 6) is -1.03. The highest BCUT2D eigenvalue weighted by atomic mass is 35.5. The number of aromatic hydroxyl groups is 1. The lowest BCUT2D eigenvalue weighted by Crippen LogP contribution is -2.49. The second-order valence-electron chi connectivity index (χ2n) is 8.25. The number of carbonyl (C=O) groups excluding carboxylic acids is 1. The maximum Gasteiger partial charge on any atom is 0.271 e. The lowest BCUT2D eigenvalue weighted by Gasteiger charge is -2.37. The van der Waals surface area contributed by atoms with Gasteiger partial charge in [0.25, 0.3) is 5.56 Å². The molecule has 1 fully saturated rings. The summed E-state index contributed by atoms with van der Waals surface area (Å²) in [6.45, 7) is 5.37. The zero-order valence-electron chi connectivity index (χ0n) is 18.6. The van der Waals surface area contributed by atoms with Crippen LogP contribution >= 0.6 is 11.6 Å². The first kappa shape index (κ1) is 22.7. The van der Waals surface area contributed by atoms with Crippen molar-refractivity contribution in [3.05, 3.63) is 63.7 Å². The standard InChI is InChI=1S/C25H20ClFN4O4/c1-2-19(33)29-6-8-30(9-7-29)22-14-12-16(26)20(21-17(27)4-3-5-18(21)32)24-23(14)31(10-11-35-24)25(34)15(22)13-28/h2-5,12,32H,1,6-11H2. The first-order chi connectivity index (χ1) is 16.9. The van der Waals surface area contributed by atoms with Crippen LogP contribution in [0.4, 0.5) is 10.1 Å². The number of pyridine rings is 1. The molecule has 1 amide bonds. The number of anilines is 1. The Bertz CT molecular complexity index is 1480. The van der Waals surface area contributed by atoms with Crippen LogP contribution in [-0.2, 0) is 11.3 Å². The zero-order chi connectivity index (χ0) is 24.9. The van der Waals surface area contributed by atoms with Crippen LogP contribution in [0.25, 0.3) is 22.0 Å². The summed E-state index contributed by atoms with van der Waals surface area (Å²) >= 11 is 6.66. The number of amides is 1. The van der Waals surface area contributed by atoms with Crippen molar-refractivity contribution in [2.24, 2.45) is 0 Å². The van der Waals surface area contributed by atoms with Crippen LogP contribution in [0.3, 0.4) is 0 Å². The molecule has 5 rings (SSSR count). The van der Waals surface area contributed by atoms with Crippen LogP contribution in [0.5, 0.6) is 11.5 Å². The molecule has 1 aromatic heterocycles. The smallest absolute Gasteiger partial charge is 0.271 e. The van der Waals surface area contributed by atoms with E-state index in [1.807, 2.05) is 11.0 Å². The zero-order valence-corrected chi connectivity index (χ0v) is 19.3. The van der Waals surface area contributed by atoms with Gasteiger partial charge in [-0.05, 0) is 24.3 Å². The lowest BCUT2D eigenvalue weighted by molar-refractivity contribution is -0.126. The van der Waals surface area contributed by atoms with Crippen molar-refractivity contribution in [1.29, 1.82) is 5.26 Å². The molecular formula is C25H20ClFN4O4. The van der Waals surface area contributed by atoms with E-state index in [1.54, 1.807) is 11.0 Å². The molecule has 10 heteroatoms. The predicted molar refractivity (Wildman–Crippen MR) is 129 cm³/mol. The Labute approximate surface area is 204 Å². The van der Waals surface area contributed by atoms with Crippen molar-refractivity contribution in [1.82, 2.24) is 9.47 Å².